The van der Waals surface area contributed by atoms with Crippen molar-refractivity contribution in [3.05, 3.63) is 114 Å². The Labute approximate surface area is 288 Å². The Bertz CT molecular complexity index is 1700. The molecular formula is C39H42F4IrNO2-. The van der Waals surface area contributed by atoms with Crippen LogP contribution in [0.1, 0.15) is 89.8 Å². The minimum Gasteiger partial charge on any atom is -0.512 e. The number of rotatable bonds is 9. The molecule has 253 valence electrons. The molecule has 0 saturated heterocycles. The van der Waals surface area contributed by atoms with Gasteiger partial charge < -0.3 is 10.1 Å². The first kappa shape index (κ1) is 38.1. The molecule has 1 heterocycles. The Hall–Kier alpha value is -3.35. The van der Waals surface area contributed by atoms with E-state index in [-0.39, 0.29) is 48.0 Å². The average Bonchev–Trinajstić information content (AvgIpc) is 3.22. The van der Waals surface area contributed by atoms with E-state index in [0.717, 1.165) is 25.7 Å². The van der Waals surface area contributed by atoms with Gasteiger partial charge in [0.2, 0.25) is 0 Å². The fourth-order valence-electron chi connectivity index (χ4n) is 5.81. The van der Waals surface area contributed by atoms with E-state index in [9.17, 15) is 9.90 Å². The largest absolute Gasteiger partial charge is 0.512 e. The number of halogens is 4. The summed E-state index contributed by atoms with van der Waals surface area (Å²) in [7, 11) is 0. The number of carbonyl (C=O) groups is 1. The summed E-state index contributed by atoms with van der Waals surface area (Å²) in [5, 5.41) is 11.0. The molecule has 1 unspecified atom stereocenters. The van der Waals surface area contributed by atoms with Crippen LogP contribution in [0.25, 0.3) is 22.0 Å². The molecule has 0 amide bonds. The summed E-state index contributed by atoms with van der Waals surface area (Å²) in [4.78, 5) is 16.5. The van der Waals surface area contributed by atoms with Crippen molar-refractivity contribution in [1.29, 1.82) is 0 Å². The van der Waals surface area contributed by atoms with Crippen LogP contribution in [0.3, 0.4) is 0 Å². The first-order chi connectivity index (χ1) is 21.7. The molecule has 1 aromatic heterocycles. The zero-order valence-electron chi connectivity index (χ0n) is 27.6. The van der Waals surface area contributed by atoms with Gasteiger partial charge in [-0.2, -0.15) is 0 Å². The van der Waals surface area contributed by atoms with Gasteiger partial charge in [0.15, 0.2) is 5.78 Å². The smallest absolute Gasteiger partial charge is 0.286 e. The summed E-state index contributed by atoms with van der Waals surface area (Å²) in [6.07, 6.45) is 6.25. The zero-order chi connectivity index (χ0) is 33.9. The van der Waals surface area contributed by atoms with Gasteiger partial charge in [0.05, 0.1) is 0 Å². The number of benzene rings is 3. The molecule has 1 atom stereocenters. The molecular weight excluding hydrogens is 783 g/mol. The predicted octanol–water partition coefficient (Wildman–Crippen LogP) is 11.3. The molecule has 3 nitrogen and oxygen atoms in total. The first-order valence-corrected chi connectivity index (χ1v) is 15.9. The van der Waals surface area contributed by atoms with E-state index in [4.69, 9.17) is 0 Å². The Balaban J connectivity index is 0.000000290. The molecule has 0 spiro atoms. The molecule has 0 aliphatic heterocycles. The standard InChI is InChI=1S/C24H14F4N.C15H28O2.Ir/c25-23(26)19-13-17-11-12-29-21(15-7-3-1-4-8-15)18(17)14-20(19)24(27,28)22(23)16-9-5-2-6-10-16;1-7-14(5,8-2)12(16)11-13(17)15(6,9-3)10-4;/h1-7,9-14,22H;11,16H,7-10H2,1-6H3;/q-1;;/b;12-11-;. The first-order valence-electron chi connectivity index (χ1n) is 15.9. The average molecular weight is 825 g/mol. The van der Waals surface area contributed by atoms with Crippen molar-refractivity contribution in [2.24, 2.45) is 10.8 Å². The van der Waals surface area contributed by atoms with E-state index >= 15 is 17.6 Å². The number of allylic oxidation sites excluding steroid dienone is 2. The number of ketones is 1. The third-order valence-corrected chi connectivity index (χ3v) is 10.0. The number of carbonyl (C=O) groups excluding carboxylic acids is 1. The molecule has 0 fully saturated rings. The molecule has 1 radical (unpaired) electrons. The van der Waals surface area contributed by atoms with Gasteiger partial charge in [-0.3, -0.25) is 4.79 Å². The number of aliphatic hydroxyl groups is 1. The van der Waals surface area contributed by atoms with Gasteiger partial charge in [-0.1, -0.05) is 77.9 Å². The van der Waals surface area contributed by atoms with Gasteiger partial charge in [-0.25, -0.2) is 17.6 Å². The molecule has 47 heavy (non-hydrogen) atoms. The third kappa shape index (κ3) is 7.24. The number of hydrogen-bond acceptors (Lipinski definition) is 3. The third-order valence-electron chi connectivity index (χ3n) is 10.0. The second-order valence-corrected chi connectivity index (χ2v) is 12.6. The van der Waals surface area contributed by atoms with Crippen LogP contribution in [-0.2, 0) is 36.7 Å². The SMILES string of the molecule is CCC(C)(CC)C(=O)/C=C(\O)C(C)(CC)CC.FC1(F)c2cc3ccnc(-c4[c-]cccc4)c3cc2C(F)(F)C1c1ccccc1.[Ir]. The molecule has 8 heteroatoms. The molecule has 1 aliphatic rings. The number of aliphatic hydroxyl groups excluding tert-OH is 1. The van der Waals surface area contributed by atoms with E-state index in [1.807, 2.05) is 41.5 Å². The van der Waals surface area contributed by atoms with Gasteiger partial charge in [0.25, 0.3) is 11.8 Å². The number of fused-ring (bicyclic) bond motifs is 2. The molecule has 0 saturated carbocycles. The maximum atomic E-state index is 15.3. The van der Waals surface area contributed by atoms with Crippen LogP contribution >= 0.6 is 0 Å². The predicted molar refractivity (Wildman–Crippen MR) is 176 cm³/mol. The van der Waals surface area contributed by atoms with Crippen molar-refractivity contribution in [2.75, 3.05) is 0 Å². The second kappa shape index (κ2) is 14.8. The number of alkyl halides is 4. The van der Waals surface area contributed by atoms with E-state index < -0.39 is 28.9 Å². The van der Waals surface area contributed by atoms with Crippen molar-refractivity contribution < 1.29 is 47.6 Å². The van der Waals surface area contributed by atoms with Crippen LogP contribution in [0.15, 0.2) is 90.8 Å². The summed E-state index contributed by atoms with van der Waals surface area (Å²) in [5.74, 6) is -9.38. The van der Waals surface area contributed by atoms with E-state index in [1.54, 1.807) is 36.4 Å². The monoisotopic (exact) mass is 825 g/mol. The van der Waals surface area contributed by atoms with Gasteiger partial charge in [0.1, 0.15) is 11.7 Å². The Morgan fingerprint density at radius 3 is 1.94 bits per heavy atom. The van der Waals surface area contributed by atoms with Crippen LogP contribution in [0, 0.1) is 16.9 Å². The van der Waals surface area contributed by atoms with Crippen LogP contribution in [0.4, 0.5) is 17.6 Å². The molecule has 3 aromatic carbocycles. The van der Waals surface area contributed by atoms with Gasteiger partial charge in [-0.15, -0.1) is 35.9 Å². The van der Waals surface area contributed by atoms with Gasteiger partial charge in [0, 0.05) is 54.3 Å². The van der Waals surface area contributed by atoms with E-state index in [2.05, 4.69) is 11.1 Å². The van der Waals surface area contributed by atoms with Gasteiger partial charge >= 0.3 is 0 Å². The fourth-order valence-corrected chi connectivity index (χ4v) is 5.81. The fraction of sp³-hybridized carbons (Fsp3) is 0.385. The van der Waals surface area contributed by atoms with Crippen LogP contribution in [0.2, 0.25) is 0 Å². The summed E-state index contributed by atoms with van der Waals surface area (Å²) < 4.78 is 61.1. The Morgan fingerprint density at radius 1 is 0.851 bits per heavy atom. The summed E-state index contributed by atoms with van der Waals surface area (Å²) in [6, 6.07) is 21.2. The van der Waals surface area contributed by atoms with Crippen molar-refractivity contribution in [1.82, 2.24) is 4.98 Å². The van der Waals surface area contributed by atoms with Gasteiger partial charge in [-0.05, 0) is 59.8 Å². The number of pyridine rings is 1. The minimum atomic E-state index is -3.72. The van der Waals surface area contributed by atoms with Crippen molar-refractivity contribution in [2.45, 2.75) is 85.0 Å². The summed E-state index contributed by atoms with van der Waals surface area (Å²) in [5.41, 5.74) is -0.905. The van der Waals surface area contributed by atoms with Crippen molar-refractivity contribution in [3.8, 4) is 11.3 Å². The summed E-state index contributed by atoms with van der Waals surface area (Å²) >= 11 is 0. The molecule has 0 bridgehead atoms. The minimum absolute atomic E-state index is 0. The van der Waals surface area contributed by atoms with Crippen LogP contribution < -0.4 is 0 Å². The molecule has 1 N–H and O–H groups in total. The maximum absolute atomic E-state index is 15.3. The van der Waals surface area contributed by atoms with Crippen LogP contribution in [-0.4, -0.2) is 15.9 Å². The van der Waals surface area contributed by atoms with Crippen molar-refractivity contribution in [3.63, 3.8) is 0 Å². The zero-order valence-corrected chi connectivity index (χ0v) is 30.0. The quantitative estimate of drug-likeness (QED) is 0.0792. The maximum Gasteiger partial charge on any atom is 0.286 e. The normalized spacial score (nSPS) is 16.9. The Kier molecular flexibility index (Phi) is 12.0. The topological polar surface area (TPSA) is 50.2 Å². The second-order valence-electron chi connectivity index (χ2n) is 12.6. The molecule has 1 aliphatic carbocycles. The van der Waals surface area contributed by atoms with E-state index in [1.165, 1.54) is 48.7 Å². The number of aromatic nitrogens is 1. The number of hydrogen-bond donors (Lipinski definition) is 1. The molecule has 4 aromatic rings. The molecule has 5 rings (SSSR count). The Morgan fingerprint density at radius 2 is 1.40 bits per heavy atom. The van der Waals surface area contributed by atoms with Crippen molar-refractivity contribution >= 4 is 16.6 Å². The number of nitrogens with zero attached hydrogens (tertiary/aromatic N) is 1. The van der Waals surface area contributed by atoms with Crippen LogP contribution in [0.5, 0.6) is 0 Å². The summed E-state index contributed by atoms with van der Waals surface area (Å²) in [6.45, 7) is 12.1. The van der Waals surface area contributed by atoms with E-state index in [0.29, 0.717) is 22.0 Å².